The Hall–Kier alpha value is -1.84. The van der Waals surface area contributed by atoms with E-state index in [1.165, 1.54) is 6.20 Å². The summed E-state index contributed by atoms with van der Waals surface area (Å²) in [5.74, 6) is 0.508. The molecule has 20 heavy (non-hydrogen) atoms. The van der Waals surface area contributed by atoms with Crippen LogP contribution in [-0.4, -0.2) is 48.6 Å². The van der Waals surface area contributed by atoms with Crippen LogP contribution in [0.25, 0.3) is 0 Å². The molecule has 6 nitrogen and oxygen atoms in total. The van der Waals surface area contributed by atoms with Gasteiger partial charge in [-0.1, -0.05) is 11.6 Å². The second-order valence-electron chi connectivity index (χ2n) is 4.30. The molecule has 0 atom stereocenters. The zero-order valence-electron chi connectivity index (χ0n) is 10.9. The molecule has 0 bridgehead atoms. The van der Waals surface area contributed by atoms with Gasteiger partial charge in [0.05, 0.1) is 18.8 Å². The second-order valence-corrected chi connectivity index (χ2v) is 4.68. The lowest BCUT2D eigenvalue weighted by Gasteiger charge is -2.26. The van der Waals surface area contributed by atoms with Crippen molar-refractivity contribution in [3.63, 3.8) is 0 Å². The molecule has 1 fully saturated rings. The number of nitrogens with one attached hydrogen (secondary N) is 1. The average Bonchev–Trinajstić information content (AvgIpc) is 2.49. The number of nitrogens with zero attached hydrogens (tertiary/aromatic N) is 3. The smallest absolute Gasteiger partial charge is 0.224 e. The number of hydrogen-bond acceptors (Lipinski definition) is 5. The summed E-state index contributed by atoms with van der Waals surface area (Å²) in [5.41, 5.74) is 0.365. The zero-order chi connectivity index (χ0) is 14.4. The summed E-state index contributed by atoms with van der Waals surface area (Å²) in [6.45, 7) is 2.90. The van der Waals surface area contributed by atoms with E-state index < -0.39 is 0 Å². The Morgan fingerprint density at radius 3 is 3.00 bits per heavy atom. The predicted octanol–water partition coefficient (Wildman–Crippen LogP) is 1.27. The maximum Gasteiger partial charge on any atom is 0.224 e. The van der Waals surface area contributed by atoms with E-state index in [9.17, 15) is 4.79 Å². The highest BCUT2D eigenvalue weighted by Crippen LogP contribution is 2.22. The molecule has 106 valence electrons. The second kappa shape index (κ2) is 7.08. The lowest BCUT2D eigenvalue weighted by molar-refractivity contribution is -0.134. The minimum Gasteiger partial charge on any atom is -0.378 e. The normalized spacial score (nSPS) is 14.7. The van der Waals surface area contributed by atoms with Crippen molar-refractivity contribution in [3.05, 3.63) is 22.8 Å². The fraction of sp³-hybridized carbons (Fsp3) is 0.462. The van der Waals surface area contributed by atoms with Crippen molar-refractivity contribution in [2.45, 2.75) is 6.42 Å². The van der Waals surface area contributed by atoms with E-state index >= 15 is 0 Å². The molecule has 0 saturated carbocycles. The minimum atomic E-state index is 0.0772. The van der Waals surface area contributed by atoms with Gasteiger partial charge in [0, 0.05) is 32.3 Å². The quantitative estimate of drug-likeness (QED) is 0.905. The van der Waals surface area contributed by atoms with Crippen LogP contribution in [0, 0.1) is 11.3 Å². The van der Waals surface area contributed by atoms with Crippen LogP contribution in [0.3, 0.4) is 0 Å². The number of ether oxygens (including phenoxy) is 1. The van der Waals surface area contributed by atoms with Crippen LogP contribution in [-0.2, 0) is 9.53 Å². The Balaban J connectivity index is 1.84. The molecule has 2 rings (SSSR count). The van der Waals surface area contributed by atoms with Gasteiger partial charge in [-0.05, 0) is 6.07 Å². The number of hydrogen-bond donors (Lipinski definition) is 1. The van der Waals surface area contributed by atoms with Crippen molar-refractivity contribution >= 4 is 23.3 Å². The Morgan fingerprint density at radius 2 is 2.30 bits per heavy atom. The van der Waals surface area contributed by atoms with Gasteiger partial charge in [-0.2, -0.15) is 5.26 Å². The van der Waals surface area contributed by atoms with E-state index in [0.29, 0.717) is 50.7 Å². The van der Waals surface area contributed by atoms with Crippen molar-refractivity contribution < 1.29 is 9.53 Å². The number of carbonyl (C=O) groups excluding carboxylic acids is 1. The molecule has 1 aromatic rings. The lowest BCUT2D eigenvalue weighted by atomic mass is 10.3. The zero-order valence-corrected chi connectivity index (χ0v) is 11.7. The number of amides is 1. The molecule has 0 spiro atoms. The summed E-state index contributed by atoms with van der Waals surface area (Å²) in [4.78, 5) is 17.8. The van der Waals surface area contributed by atoms with Crippen LogP contribution in [0.5, 0.6) is 0 Å². The van der Waals surface area contributed by atoms with Gasteiger partial charge in [0.2, 0.25) is 5.91 Å². The molecule has 1 N–H and O–H groups in total. The largest absolute Gasteiger partial charge is 0.378 e. The summed E-state index contributed by atoms with van der Waals surface area (Å²) >= 11 is 6.01. The van der Waals surface area contributed by atoms with Crippen molar-refractivity contribution in [2.24, 2.45) is 0 Å². The third-order valence-electron chi connectivity index (χ3n) is 3.00. The average molecular weight is 295 g/mol. The first-order valence-electron chi connectivity index (χ1n) is 6.36. The van der Waals surface area contributed by atoms with Gasteiger partial charge in [-0.25, -0.2) is 4.98 Å². The van der Waals surface area contributed by atoms with E-state index in [0.717, 1.165) is 0 Å². The monoisotopic (exact) mass is 294 g/mol. The molecule has 1 aliphatic rings. The summed E-state index contributed by atoms with van der Waals surface area (Å²) < 4.78 is 5.20. The summed E-state index contributed by atoms with van der Waals surface area (Å²) in [6.07, 6.45) is 1.87. The SMILES string of the molecule is N#Cc1ccnc(NCCC(=O)N2CCOCC2)c1Cl. The van der Waals surface area contributed by atoms with Crippen LogP contribution in [0.4, 0.5) is 5.82 Å². The first-order chi connectivity index (χ1) is 9.72. The molecule has 1 amide bonds. The van der Waals surface area contributed by atoms with Crippen LogP contribution in [0.2, 0.25) is 5.02 Å². The highest BCUT2D eigenvalue weighted by Gasteiger charge is 2.16. The van der Waals surface area contributed by atoms with Crippen molar-refractivity contribution in [1.29, 1.82) is 5.26 Å². The van der Waals surface area contributed by atoms with Crippen LogP contribution in [0.15, 0.2) is 12.3 Å². The molecule has 0 radical (unpaired) electrons. The Labute approximate surface area is 122 Å². The number of carbonyl (C=O) groups is 1. The molecule has 2 heterocycles. The van der Waals surface area contributed by atoms with E-state index in [-0.39, 0.29) is 10.9 Å². The maximum absolute atomic E-state index is 11.9. The molecule has 1 saturated heterocycles. The number of nitriles is 1. The molecule has 0 aliphatic carbocycles. The molecule has 7 heteroatoms. The highest BCUT2D eigenvalue weighted by atomic mass is 35.5. The van der Waals surface area contributed by atoms with Crippen molar-refractivity contribution in [3.8, 4) is 6.07 Å². The summed E-state index contributed by atoms with van der Waals surface area (Å²) in [7, 11) is 0. The summed E-state index contributed by atoms with van der Waals surface area (Å²) in [5, 5.41) is 12.1. The highest BCUT2D eigenvalue weighted by molar-refractivity contribution is 6.34. The van der Waals surface area contributed by atoms with Crippen LogP contribution >= 0.6 is 11.6 Å². The number of pyridine rings is 1. The molecular formula is C13H15ClN4O2. The van der Waals surface area contributed by atoms with E-state index in [1.807, 2.05) is 6.07 Å². The maximum atomic E-state index is 11.9. The number of anilines is 1. The first-order valence-corrected chi connectivity index (χ1v) is 6.74. The van der Waals surface area contributed by atoms with Gasteiger partial charge in [0.1, 0.15) is 16.9 Å². The number of rotatable bonds is 4. The third kappa shape index (κ3) is 3.59. The van der Waals surface area contributed by atoms with Gasteiger partial charge in [0.15, 0.2) is 0 Å². The number of morpholine rings is 1. The van der Waals surface area contributed by atoms with Gasteiger partial charge in [-0.15, -0.1) is 0 Å². The van der Waals surface area contributed by atoms with E-state index in [1.54, 1.807) is 11.0 Å². The molecule has 1 aliphatic heterocycles. The van der Waals surface area contributed by atoms with E-state index in [4.69, 9.17) is 21.6 Å². The molecule has 0 aromatic carbocycles. The van der Waals surface area contributed by atoms with Gasteiger partial charge in [-0.3, -0.25) is 4.79 Å². The van der Waals surface area contributed by atoms with Gasteiger partial charge in [0.25, 0.3) is 0 Å². The van der Waals surface area contributed by atoms with Crippen molar-refractivity contribution in [2.75, 3.05) is 38.2 Å². The number of halogens is 1. The minimum absolute atomic E-state index is 0.0772. The third-order valence-corrected chi connectivity index (χ3v) is 3.39. The fourth-order valence-corrected chi connectivity index (χ4v) is 2.13. The van der Waals surface area contributed by atoms with Crippen LogP contribution in [0.1, 0.15) is 12.0 Å². The topological polar surface area (TPSA) is 78.2 Å². The van der Waals surface area contributed by atoms with E-state index in [2.05, 4.69) is 10.3 Å². The Morgan fingerprint density at radius 1 is 1.55 bits per heavy atom. The first kappa shape index (κ1) is 14.6. The van der Waals surface area contributed by atoms with Crippen LogP contribution < -0.4 is 5.32 Å². The molecule has 0 unspecified atom stereocenters. The van der Waals surface area contributed by atoms with Gasteiger partial charge < -0.3 is 15.0 Å². The van der Waals surface area contributed by atoms with Gasteiger partial charge >= 0.3 is 0 Å². The summed E-state index contributed by atoms with van der Waals surface area (Å²) in [6, 6.07) is 3.53. The standard InChI is InChI=1S/C13H15ClN4O2/c14-12-10(9-15)1-3-16-13(12)17-4-2-11(19)18-5-7-20-8-6-18/h1,3H,2,4-8H2,(H,16,17). The Bertz CT molecular complexity index is 524. The molecular weight excluding hydrogens is 280 g/mol. The Kier molecular flexibility index (Phi) is 5.16. The lowest BCUT2D eigenvalue weighted by Crippen LogP contribution is -2.41. The predicted molar refractivity (Wildman–Crippen MR) is 74.5 cm³/mol. The van der Waals surface area contributed by atoms with Crippen molar-refractivity contribution in [1.82, 2.24) is 9.88 Å². The number of aromatic nitrogens is 1. The fourth-order valence-electron chi connectivity index (χ4n) is 1.91. The molecule has 1 aromatic heterocycles.